The van der Waals surface area contributed by atoms with Crippen LogP contribution in [0.3, 0.4) is 0 Å². The Hall–Kier alpha value is -1.32. The topological polar surface area (TPSA) is 83.6 Å². The standard InChI is InChI=1S/C11H15F3N2O3S/c12-11(13,14)8-16(5-6-17)20(18,19)7-9-3-1-2-4-10(9)15/h1-4,17H,5-8,15H2. The molecule has 114 valence electrons. The van der Waals surface area contributed by atoms with Crippen molar-refractivity contribution in [3.63, 3.8) is 0 Å². The Bertz CT molecular complexity index is 546. The van der Waals surface area contributed by atoms with Gasteiger partial charge < -0.3 is 10.8 Å². The van der Waals surface area contributed by atoms with Crippen LogP contribution in [0.25, 0.3) is 0 Å². The SMILES string of the molecule is Nc1ccccc1CS(=O)(=O)N(CCO)CC(F)(F)F. The molecule has 0 aliphatic carbocycles. The van der Waals surface area contributed by atoms with Crippen LogP contribution in [0.15, 0.2) is 24.3 Å². The minimum Gasteiger partial charge on any atom is -0.398 e. The maximum absolute atomic E-state index is 12.4. The highest BCUT2D eigenvalue weighted by Crippen LogP contribution is 2.21. The second-order valence-electron chi connectivity index (χ2n) is 4.13. The van der Waals surface area contributed by atoms with E-state index in [1.807, 2.05) is 0 Å². The molecule has 20 heavy (non-hydrogen) atoms. The van der Waals surface area contributed by atoms with Crippen LogP contribution < -0.4 is 5.73 Å². The van der Waals surface area contributed by atoms with Crippen LogP contribution in [0, 0.1) is 0 Å². The van der Waals surface area contributed by atoms with Crippen molar-refractivity contribution in [1.29, 1.82) is 0 Å². The number of anilines is 1. The number of aliphatic hydroxyl groups excluding tert-OH is 1. The first-order valence-corrected chi connectivity index (χ1v) is 7.25. The number of nitrogens with two attached hydrogens (primary N) is 1. The van der Waals surface area contributed by atoms with Gasteiger partial charge in [-0.15, -0.1) is 0 Å². The molecule has 0 heterocycles. The maximum Gasteiger partial charge on any atom is 0.402 e. The summed E-state index contributed by atoms with van der Waals surface area (Å²) in [5.74, 6) is -0.643. The molecule has 0 amide bonds. The van der Waals surface area contributed by atoms with E-state index in [1.165, 1.54) is 12.1 Å². The van der Waals surface area contributed by atoms with Gasteiger partial charge >= 0.3 is 6.18 Å². The number of alkyl halides is 3. The van der Waals surface area contributed by atoms with Gasteiger partial charge in [-0.05, 0) is 11.6 Å². The third kappa shape index (κ3) is 4.99. The smallest absolute Gasteiger partial charge is 0.398 e. The Balaban J connectivity index is 2.97. The lowest BCUT2D eigenvalue weighted by atomic mass is 10.2. The Morgan fingerprint density at radius 3 is 2.35 bits per heavy atom. The molecule has 5 nitrogen and oxygen atoms in total. The summed E-state index contributed by atoms with van der Waals surface area (Å²) in [5, 5.41) is 8.72. The monoisotopic (exact) mass is 312 g/mol. The molecule has 0 radical (unpaired) electrons. The Labute approximate surface area is 114 Å². The quantitative estimate of drug-likeness (QED) is 0.766. The molecule has 0 bridgehead atoms. The molecule has 0 aliphatic rings. The fourth-order valence-corrected chi connectivity index (χ4v) is 3.12. The molecule has 3 N–H and O–H groups in total. The molecule has 1 rings (SSSR count). The van der Waals surface area contributed by atoms with Gasteiger partial charge in [0.05, 0.1) is 12.4 Å². The first-order valence-electron chi connectivity index (χ1n) is 5.64. The van der Waals surface area contributed by atoms with Crippen LogP contribution in [0.1, 0.15) is 5.56 Å². The molecule has 0 unspecified atom stereocenters. The molecule has 0 saturated heterocycles. The van der Waals surface area contributed by atoms with Crippen LogP contribution in [0.5, 0.6) is 0 Å². The van der Waals surface area contributed by atoms with E-state index in [1.54, 1.807) is 12.1 Å². The number of hydrogen-bond donors (Lipinski definition) is 2. The number of halogens is 3. The van der Waals surface area contributed by atoms with Crippen molar-refractivity contribution in [3.8, 4) is 0 Å². The molecule has 1 aromatic rings. The first-order chi connectivity index (χ1) is 9.15. The molecule has 0 aromatic heterocycles. The third-order valence-corrected chi connectivity index (χ3v) is 4.27. The summed E-state index contributed by atoms with van der Waals surface area (Å²) in [6.45, 7) is -2.95. The summed E-state index contributed by atoms with van der Waals surface area (Å²) in [7, 11) is -4.22. The molecule has 9 heteroatoms. The number of para-hydroxylation sites is 1. The zero-order valence-electron chi connectivity index (χ0n) is 10.5. The summed E-state index contributed by atoms with van der Waals surface area (Å²) in [6, 6.07) is 6.02. The highest BCUT2D eigenvalue weighted by Gasteiger charge is 2.36. The summed E-state index contributed by atoms with van der Waals surface area (Å²) < 4.78 is 61.3. The average Bonchev–Trinajstić information content (AvgIpc) is 2.30. The lowest BCUT2D eigenvalue weighted by Gasteiger charge is -2.22. The fraction of sp³-hybridized carbons (Fsp3) is 0.455. The van der Waals surface area contributed by atoms with Gasteiger partial charge in [-0.2, -0.15) is 17.5 Å². The molecule has 0 saturated carbocycles. The highest BCUT2D eigenvalue weighted by atomic mass is 32.2. The van der Waals surface area contributed by atoms with Crippen LogP contribution in [0.2, 0.25) is 0 Å². The lowest BCUT2D eigenvalue weighted by Crippen LogP contribution is -2.41. The second kappa shape index (κ2) is 6.42. The largest absolute Gasteiger partial charge is 0.402 e. The number of aliphatic hydroxyl groups is 1. The maximum atomic E-state index is 12.4. The number of hydrogen-bond acceptors (Lipinski definition) is 4. The van der Waals surface area contributed by atoms with Crippen molar-refractivity contribution in [2.24, 2.45) is 0 Å². The van der Waals surface area contributed by atoms with Crippen molar-refractivity contribution in [1.82, 2.24) is 4.31 Å². The number of nitrogens with zero attached hydrogens (tertiary/aromatic N) is 1. The van der Waals surface area contributed by atoms with Crippen molar-refractivity contribution in [2.45, 2.75) is 11.9 Å². The van der Waals surface area contributed by atoms with Gasteiger partial charge in [0.2, 0.25) is 10.0 Å². The third-order valence-electron chi connectivity index (χ3n) is 2.49. The Morgan fingerprint density at radius 1 is 1.25 bits per heavy atom. The number of nitrogen functional groups attached to an aromatic ring is 1. The predicted molar refractivity (Wildman–Crippen MR) is 68.2 cm³/mol. The van der Waals surface area contributed by atoms with E-state index in [2.05, 4.69) is 0 Å². The van der Waals surface area contributed by atoms with Crippen molar-refractivity contribution in [3.05, 3.63) is 29.8 Å². The van der Waals surface area contributed by atoms with Crippen LogP contribution in [-0.2, 0) is 15.8 Å². The van der Waals surface area contributed by atoms with Crippen molar-refractivity contribution < 1.29 is 26.7 Å². The predicted octanol–water partition coefficient (Wildman–Crippen LogP) is 0.955. The van der Waals surface area contributed by atoms with Crippen molar-refractivity contribution >= 4 is 15.7 Å². The van der Waals surface area contributed by atoms with E-state index in [-0.39, 0.29) is 15.6 Å². The zero-order chi connectivity index (χ0) is 15.4. The first kappa shape index (κ1) is 16.7. The van der Waals surface area contributed by atoms with E-state index in [9.17, 15) is 21.6 Å². The average molecular weight is 312 g/mol. The molecule has 0 aliphatic heterocycles. The second-order valence-corrected chi connectivity index (χ2v) is 6.10. The zero-order valence-corrected chi connectivity index (χ0v) is 11.3. The molecule has 0 spiro atoms. The minimum absolute atomic E-state index is 0.187. The Morgan fingerprint density at radius 2 is 1.85 bits per heavy atom. The van der Waals surface area contributed by atoms with Crippen molar-refractivity contribution in [2.75, 3.05) is 25.4 Å². The minimum atomic E-state index is -4.68. The Kier molecular flexibility index (Phi) is 5.37. The summed E-state index contributed by atoms with van der Waals surface area (Å²) >= 11 is 0. The highest BCUT2D eigenvalue weighted by molar-refractivity contribution is 7.88. The lowest BCUT2D eigenvalue weighted by molar-refractivity contribution is -0.136. The number of sulfonamides is 1. The van der Waals surface area contributed by atoms with Gasteiger partial charge in [0, 0.05) is 12.2 Å². The van der Waals surface area contributed by atoms with Gasteiger partial charge in [-0.25, -0.2) is 8.42 Å². The molecule has 0 fully saturated rings. The molecule has 1 aromatic carbocycles. The molecular formula is C11H15F3N2O3S. The normalized spacial score (nSPS) is 12.8. The van der Waals surface area contributed by atoms with Crippen LogP contribution in [-0.4, -0.2) is 43.7 Å². The van der Waals surface area contributed by atoms with Crippen LogP contribution >= 0.6 is 0 Å². The van der Waals surface area contributed by atoms with Gasteiger partial charge in [0.1, 0.15) is 6.54 Å². The van der Waals surface area contributed by atoms with Gasteiger partial charge in [0.15, 0.2) is 0 Å². The van der Waals surface area contributed by atoms with Gasteiger partial charge in [0.25, 0.3) is 0 Å². The number of rotatable bonds is 6. The summed E-state index contributed by atoms with van der Waals surface area (Å²) in [5.41, 5.74) is 5.98. The van der Waals surface area contributed by atoms with E-state index in [0.717, 1.165) is 0 Å². The van der Waals surface area contributed by atoms with Gasteiger partial charge in [-0.1, -0.05) is 18.2 Å². The fourth-order valence-electron chi connectivity index (χ4n) is 1.58. The van der Waals surface area contributed by atoms with E-state index in [0.29, 0.717) is 0 Å². The van der Waals surface area contributed by atoms with Crippen LogP contribution in [0.4, 0.5) is 18.9 Å². The van der Waals surface area contributed by atoms with E-state index >= 15 is 0 Å². The van der Waals surface area contributed by atoms with E-state index in [4.69, 9.17) is 10.8 Å². The summed E-state index contributed by atoms with van der Waals surface area (Å²) in [6.07, 6.45) is -4.68. The van der Waals surface area contributed by atoms with Gasteiger partial charge in [-0.3, -0.25) is 0 Å². The number of benzene rings is 1. The molecule has 0 atom stereocenters. The van der Waals surface area contributed by atoms with E-state index < -0.39 is 41.6 Å². The molecular weight excluding hydrogens is 297 g/mol. The summed E-state index contributed by atoms with van der Waals surface area (Å²) in [4.78, 5) is 0.